The molecule has 2 aromatic rings. The third-order valence-corrected chi connectivity index (χ3v) is 5.50. The molecular weight excluding hydrogens is 427 g/mol. The first-order chi connectivity index (χ1) is 15.0. The SMILES string of the molecule is O=C(Nc1cccc(Cl)c1F)N1CCC(Oc2ncccc2C(=O)N2CCOCC2)C1. The van der Waals surface area contributed by atoms with Gasteiger partial charge >= 0.3 is 6.03 Å². The van der Waals surface area contributed by atoms with E-state index in [1.807, 2.05) is 0 Å². The number of rotatable bonds is 4. The Morgan fingerprint density at radius 2 is 1.97 bits per heavy atom. The number of likely N-dealkylation sites (tertiary alicyclic amines) is 1. The van der Waals surface area contributed by atoms with Gasteiger partial charge < -0.3 is 24.6 Å². The van der Waals surface area contributed by atoms with Crippen LogP contribution in [-0.2, 0) is 4.74 Å². The second-order valence-electron chi connectivity index (χ2n) is 7.27. The Labute approximate surface area is 183 Å². The van der Waals surface area contributed by atoms with Crippen LogP contribution < -0.4 is 10.1 Å². The second kappa shape index (κ2) is 9.49. The van der Waals surface area contributed by atoms with Gasteiger partial charge in [-0.25, -0.2) is 14.2 Å². The monoisotopic (exact) mass is 448 g/mol. The lowest BCUT2D eigenvalue weighted by Gasteiger charge is -2.27. The minimum atomic E-state index is -0.677. The van der Waals surface area contributed by atoms with E-state index >= 15 is 0 Å². The number of morpholine rings is 1. The number of amides is 3. The van der Waals surface area contributed by atoms with Gasteiger partial charge in [-0.15, -0.1) is 0 Å². The molecule has 2 aliphatic rings. The lowest BCUT2D eigenvalue weighted by Crippen LogP contribution is -2.41. The van der Waals surface area contributed by atoms with Gasteiger partial charge in [-0.1, -0.05) is 17.7 Å². The Balaban J connectivity index is 1.39. The summed E-state index contributed by atoms with van der Waals surface area (Å²) < 4.78 is 25.3. The Hall–Kier alpha value is -2.91. The number of anilines is 1. The first kappa shape index (κ1) is 21.3. The molecule has 164 valence electrons. The zero-order valence-corrected chi connectivity index (χ0v) is 17.5. The van der Waals surface area contributed by atoms with Crippen LogP contribution >= 0.6 is 11.6 Å². The summed E-state index contributed by atoms with van der Waals surface area (Å²) in [4.78, 5) is 32.8. The van der Waals surface area contributed by atoms with Gasteiger partial charge in [0.15, 0.2) is 5.82 Å². The van der Waals surface area contributed by atoms with Crippen LogP contribution in [0.25, 0.3) is 0 Å². The summed E-state index contributed by atoms with van der Waals surface area (Å²) in [6.07, 6.45) is 1.79. The summed E-state index contributed by atoms with van der Waals surface area (Å²) in [5.74, 6) is -0.591. The highest BCUT2D eigenvalue weighted by atomic mass is 35.5. The van der Waals surface area contributed by atoms with Crippen molar-refractivity contribution in [2.75, 3.05) is 44.7 Å². The largest absolute Gasteiger partial charge is 0.472 e. The fourth-order valence-electron chi connectivity index (χ4n) is 3.55. The smallest absolute Gasteiger partial charge is 0.322 e. The third-order valence-electron chi connectivity index (χ3n) is 5.20. The number of benzene rings is 1. The normalized spacial score (nSPS) is 18.7. The Morgan fingerprint density at radius 1 is 1.16 bits per heavy atom. The molecule has 1 atom stereocenters. The number of hydrogen-bond acceptors (Lipinski definition) is 5. The molecule has 0 spiro atoms. The van der Waals surface area contributed by atoms with Crippen molar-refractivity contribution in [2.24, 2.45) is 0 Å². The molecular formula is C21H22ClFN4O4. The van der Waals surface area contributed by atoms with E-state index in [0.29, 0.717) is 44.8 Å². The van der Waals surface area contributed by atoms with Crippen LogP contribution in [0.2, 0.25) is 5.02 Å². The van der Waals surface area contributed by atoms with Crippen LogP contribution in [0.1, 0.15) is 16.8 Å². The topological polar surface area (TPSA) is 84.0 Å². The molecule has 2 fully saturated rings. The summed E-state index contributed by atoms with van der Waals surface area (Å²) in [6.45, 7) is 2.76. The highest BCUT2D eigenvalue weighted by molar-refractivity contribution is 6.31. The van der Waals surface area contributed by atoms with Crippen molar-refractivity contribution >= 4 is 29.2 Å². The number of halogens is 2. The Bertz CT molecular complexity index is 970. The molecule has 2 aliphatic heterocycles. The highest BCUT2D eigenvalue weighted by Crippen LogP contribution is 2.25. The molecule has 4 rings (SSSR count). The van der Waals surface area contributed by atoms with Gasteiger partial charge in [0.1, 0.15) is 11.7 Å². The van der Waals surface area contributed by atoms with Crippen molar-refractivity contribution in [3.8, 4) is 5.88 Å². The van der Waals surface area contributed by atoms with Gasteiger partial charge in [-0.3, -0.25) is 4.79 Å². The lowest BCUT2D eigenvalue weighted by atomic mass is 10.2. The van der Waals surface area contributed by atoms with Crippen molar-refractivity contribution in [3.05, 3.63) is 52.9 Å². The zero-order valence-electron chi connectivity index (χ0n) is 16.7. The molecule has 3 heterocycles. The molecule has 1 aromatic heterocycles. The number of pyridine rings is 1. The van der Waals surface area contributed by atoms with Crippen LogP contribution in [0.15, 0.2) is 36.5 Å². The van der Waals surface area contributed by atoms with Gasteiger partial charge in [0.05, 0.1) is 30.5 Å². The first-order valence-corrected chi connectivity index (χ1v) is 10.4. The number of hydrogen-bond donors (Lipinski definition) is 1. The van der Waals surface area contributed by atoms with Crippen molar-refractivity contribution in [3.63, 3.8) is 0 Å². The molecule has 1 aromatic carbocycles. The van der Waals surface area contributed by atoms with Gasteiger partial charge in [-0.2, -0.15) is 0 Å². The van der Waals surface area contributed by atoms with Crippen molar-refractivity contribution in [1.29, 1.82) is 0 Å². The number of urea groups is 1. The highest BCUT2D eigenvalue weighted by Gasteiger charge is 2.30. The summed E-state index contributed by atoms with van der Waals surface area (Å²) in [6, 6.07) is 7.34. The predicted molar refractivity (Wildman–Crippen MR) is 112 cm³/mol. The van der Waals surface area contributed by atoms with E-state index in [4.69, 9.17) is 21.1 Å². The molecule has 10 heteroatoms. The standard InChI is InChI=1S/C21H22ClFN4O4/c22-16-4-1-5-17(18(16)23)25-21(29)27-8-6-14(13-27)31-19-15(3-2-7-24-19)20(28)26-9-11-30-12-10-26/h1-5,7,14H,6,8-13H2,(H,25,29). The Kier molecular flexibility index (Phi) is 6.53. The average molecular weight is 449 g/mol. The van der Waals surface area contributed by atoms with Crippen molar-refractivity contribution < 1.29 is 23.5 Å². The molecule has 0 bridgehead atoms. The molecule has 1 N–H and O–H groups in total. The Morgan fingerprint density at radius 3 is 2.77 bits per heavy atom. The second-order valence-corrected chi connectivity index (χ2v) is 7.67. The number of ether oxygens (including phenoxy) is 2. The fraction of sp³-hybridized carbons (Fsp3) is 0.381. The van der Waals surface area contributed by atoms with E-state index in [0.717, 1.165) is 0 Å². The van der Waals surface area contributed by atoms with E-state index < -0.39 is 11.8 Å². The summed E-state index contributed by atoms with van der Waals surface area (Å²) >= 11 is 5.76. The van der Waals surface area contributed by atoms with Crippen LogP contribution in [0.3, 0.4) is 0 Å². The van der Waals surface area contributed by atoms with Gasteiger partial charge in [-0.05, 0) is 24.3 Å². The molecule has 0 aliphatic carbocycles. The number of nitrogens with one attached hydrogen (secondary N) is 1. The summed E-state index contributed by atoms with van der Waals surface area (Å²) in [5.41, 5.74) is 0.401. The van der Waals surface area contributed by atoms with Crippen molar-refractivity contribution in [1.82, 2.24) is 14.8 Å². The molecule has 0 saturated carbocycles. The van der Waals surface area contributed by atoms with E-state index in [2.05, 4.69) is 10.3 Å². The number of carbonyl (C=O) groups excluding carboxylic acids is 2. The number of aromatic nitrogens is 1. The molecule has 1 unspecified atom stereocenters. The maximum absolute atomic E-state index is 14.0. The lowest BCUT2D eigenvalue weighted by molar-refractivity contribution is 0.0298. The van der Waals surface area contributed by atoms with Crippen molar-refractivity contribution in [2.45, 2.75) is 12.5 Å². The third kappa shape index (κ3) is 4.88. The molecule has 0 radical (unpaired) electrons. The molecule has 8 nitrogen and oxygen atoms in total. The maximum atomic E-state index is 14.0. The quantitative estimate of drug-likeness (QED) is 0.777. The van der Waals surface area contributed by atoms with E-state index in [1.165, 1.54) is 17.0 Å². The van der Waals surface area contributed by atoms with Crippen LogP contribution in [0.5, 0.6) is 5.88 Å². The molecule has 31 heavy (non-hydrogen) atoms. The first-order valence-electron chi connectivity index (χ1n) is 10.0. The average Bonchev–Trinajstić information content (AvgIpc) is 3.26. The number of nitrogens with zero attached hydrogens (tertiary/aromatic N) is 3. The summed E-state index contributed by atoms with van der Waals surface area (Å²) in [5, 5.41) is 2.47. The fourth-order valence-corrected chi connectivity index (χ4v) is 3.72. The van der Waals surface area contributed by atoms with E-state index in [-0.39, 0.29) is 35.1 Å². The zero-order chi connectivity index (χ0) is 21.8. The molecule has 2 saturated heterocycles. The van der Waals surface area contributed by atoms with Crippen LogP contribution in [0.4, 0.5) is 14.9 Å². The number of carbonyl (C=O) groups is 2. The van der Waals surface area contributed by atoms with E-state index in [9.17, 15) is 14.0 Å². The maximum Gasteiger partial charge on any atom is 0.322 e. The van der Waals surface area contributed by atoms with Gasteiger partial charge in [0, 0.05) is 32.3 Å². The minimum Gasteiger partial charge on any atom is -0.472 e. The van der Waals surface area contributed by atoms with Crippen LogP contribution in [0, 0.1) is 5.82 Å². The van der Waals surface area contributed by atoms with E-state index in [1.54, 1.807) is 29.3 Å². The predicted octanol–water partition coefficient (Wildman–Crippen LogP) is 3.03. The van der Waals surface area contributed by atoms with Gasteiger partial charge in [0.25, 0.3) is 5.91 Å². The minimum absolute atomic E-state index is 0.0185. The molecule has 3 amide bonds. The summed E-state index contributed by atoms with van der Waals surface area (Å²) in [7, 11) is 0. The van der Waals surface area contributed by atoms with Crippen LogP contribution in [-0.4, -0.2) is 72.2 Å². The van der Waals surface area contributed by atoms with Gasteiger partial charge in [0.2, 0.25) is 5.88 Å².